The first-order chi connectivity index (χ1) is 15.9. The maximum absolute atomic E-state index is 14.1. The molecular weight excluding hydrogens is 487 g/mol. The molecule has 0 radical (unpaired) electrons. The number of hydrogen-bond donors (Lipinski definition) is 1. The topological polar surface area (TPSA) is 58.6 Å². The van der Waals surface area contributed by atoms with Crippen LogP contribution in [0, 0.1) is 11.7 Å². The number of nitrogens with zero attached hydrogens (tertiary/aromatic N) is 1. The summed E-state index contributed by atoms with van der Waals surface area (Å²) < 4.78 is 21.0. The Labute approximate surface area is 198 Å². The zero-order valence-corrected chi connectivity index (χ0v) is 19.3. The number of halogens is 2. The van der Waals surface area contributed by atoms with Gasteiger partial charge in [-0.25, -0.2) is 4.39 Å². The van der Waals surface area contributed by atoms with E-state index in [2.05, 4.69) is 21.2 Å². The number of carbonyl (C=O) groups excluding carboxylic acids is 2. The summed E-state index contributed by atoms with van der Waals surface area (Å²) in [7, 11) is 0. The maximum Gasteiger partial charge on any atom is 0.257 e. The largest absolute Gasteiger partial charge is 0.493 e. The predicted octanol–water partition coefficient (Wildman–Crippen LogP) is 5.29. The lowest BCUT2D eigenvalue weighted by Gasteiger charge is -2.38. The number of amides is 2. The normalized spacial score (nSPS) is 27.5. The van der Waals surface area contributed by atoms with E-state index in [0.717, 1.165) is 15.6 Å². The molecule has 0 bridgehead atoms. The molecule has 0 saturated carbocycles. The molecule has 3 aliphatic heterocycles. The minimum Gasteiger partial charge on any atom is -0.493 e. The van der Waals surface area contributed by atoms with E-state index in [1.807, 2.05) is 55.5 Å². The minimum absolute atomic E-state index is 0.143. The third kappa shape index (κ3) is 2.81. The Morgan fingerprint density at radius 3 is 2.67 bits per heavy atom. The third-order valence-corrected chi connectivity index (χ3v) is 7.73. The molecule has 3 aliphatic rings. The van der Waals surface area contributed by atoms with Crippen molar-refractivity contribution in [3.05, 3.63) is 93.7 Å². The number of ether oxygens (including phenoxy) is 1. The van der Waals surface area contributed by atoms with Gasteiger partial charge in [-0.15, -0.1) is 0 Å². The van der Waals surface area contributed by atoms with E-state index >= 15 is 0 Å². The van der Waals surface area contributed by atoms with Gasteiger partial charge in [-0.3, -0.25) is 9.59 Å². The predicted molar refractivity (Wildman–Crippen MR) is 125 cm³/mol. The van der Waals surface area contributed by atoms with Gasteiger partial charge in [-0.1, -0.05) is 46.3 Å². The Hall–Kier alpha value is -3.19. The Morgan fingerprint density at radius 2 is 1.88 bits per heavy atom. The molecule has 3 aromatic rings. The first-order valence-corrected chi connectivity index (χ1v) is 11.6. The molecule has 2 amide bonds. The minimum atomic E-state index is -1.21. The van der Waals surface area contributed by atoms with Crippen molar-refractivity contribution in [1.82, 2.24) is 4.90 Å². The molecule has 166 valence electrons. The number of rotatable bonds is 1. The smallest absolute Gasteiger partial charge is 0.257 e. The number of hydrogen-bond acceptors (Lipinski definition) is 3. The average Bonchev–Trinajstić information content (AvgIpc) is 3.05. The molecule has 0 aromatic heterocycles. The second-order valence-electron chi connectivity index (χ2n) is 8.96. The molecule has 0 unspecified atom stereocenters. The number of nitrogens with one attached hydrogen (secondary N) is 1. The lowest BCUT2D eigenvalue weighted by molar-refractivity contribution is -0.125. The highest BCUT2D eigenvalue weighted by Crippen LogP contribution is 2.60. The fourth-order valence-corrected chi connectivity index (χ4v) is 6.24. The van der Waals surface area contributed by atoms with E-state index in [-0.39, 0.29) is 40.9 Å². The van der Waals surface area contributed by atoms with Gasteiger partial charge >= 0.3 is 0 Å². The van der Waals surface area contributed by atoms with Gasteiger partial charge in [0.1, 0.15) is 17.1 Å². The van der Waals surface area contributed by atoms with Crippen molar-refractivity contribution < 1.29 is 18.7 Å². The molecule has 1 saturated heterocycles. The Morgan fingerprint density at radius 1 is 1.09 bits per heavy atom. The van der Waals surface area contributed by atoms with E-state index < -0.39 is 11.4 Å². The third-order valence-electron chi connectivity index (χ3n) is 7.24. The molecule has 3 aromatic carbocycles. The second kappa shape index (κ2) is 7.15. The number of benzene rings is 3. The van der Waals surface area contributed by atoms with Gasteiger partial charge in [-0.05, 0) is 48.9 Å². The average molecular weight is 507 g/mol. The summed E-state index contributed by atoms with van der Waals surface area (Å²) in [6, 6.07) is 19.0. The fourth-order valence-electron chi connectivity index (χ4n) is 5.86. The van der Waals surface area contributed by atoms with Crippen LogP contribution in [0.1, 0.15) is 40.4 Å². The number of fused-ring (bicyclic) bond motifs is 6. The zero-order valence-electron chi connectivity index (χ0n) is 17.7. The summed E-state index contributed by atoms with van der Waals surface area (Å²) in [5, 5.41) is 2.86. The van der Waals surface area contributed by atoms with Gasteiger partial charge in [-0.2, -0.15) is 0 Å². The highest BCUT2D eigenvalue weighted by molar-refractivity contribution is 9.10. The first kappa shape index (κ1) is 20.4. The first-order valence-electron chi connectivity index (χ1n) is 10.8. The summed E-state index contributed by atoms with van der Waals surface area (Å²) in [6.45, 7) is 2.19. The van der Waals surface area contributed by atoms with Crippen molar-refractivity contribution >= 4 is 33.4 Å². The molecule has 1 fully saturated rings. The molecule has 4 atom stereocenters. The SMILES string of the molecule is C[C@@]12C(=O)Nc3cc(F)ccc3C(=O)N1[C@H]1c3cc(Br)ccc3OC[C@@H]1[C@@H]2c1ccccc1. The van der Waals surface area contributed by atoms with Gasteiger partial charge in [0.05, 0.1) is 23.9 Å². The van der Waals surface area contributed by atoms with Crippen LogP contribution < -0.4 is 10.1 Å². The summed E-state index contributed by atoms with van der Waals surface area (Å²) in [6.07, 6.45) is 0. The van der Waals surface area contributed by atoms with Crippen LogP contribution >= 0.6 is 15.9 Å². The van der Waals surface area contributed by atoms with Crippen LogP contribution in [0.3, 0.4) is 0 Å². The van der Waals surface area contributed by atoms with Crippen molar-refractivity contribution in [3.63, 3.8) is 0 Å². The van der Waals surface area contributed by atoms with Crippen LogP contribution in [-0.4, -0.2) is 28.9 Å². The van der Waals surface area contributed by atoms with Crippen molar-refractivity contribution in [2.24, 2.45) is 5.92 Å². The van der Waals surface area contributed by atoms with Crippen LogP contribution in [0.15, 0.2) is 71.2 Å². The standard InChI is InChI=1S/C26H20BrFN2O3/c1-26-22(14-5-3-2-4-6-14)19-13-33-21-10-7-15(27)11-18(21)23(19)30(26)24(31)17-9-8-16(28)12-20(17)29-25(26)32/h2-12,19,22-23H,13H2,1H3,(H,29,32)/t19-,22+,23+,26-/m1/s1. The van der Waals surface area contributed by atoms with Crippen molar-refractivity contribution in [2.45, 2.75) is 24.4 Å². The molecule has 33 heavy (non-hydrogen) atoms. The van der Waals surface area contributed by atoms with E-state index in [1.165, 1.54) is 18.2 Å². The Balaban J connectivity index is 1.63. The molecule has 3 heterocycles. The van der Waals surface area contributed by atoms with Crippen LogP contribution in [0.2, 0.25) is 0 Å². The fraction of sp³-hybridized carbons (Fsp3) is 0.231. The van der Waals surface area contributed by atoms with E-state index in [9.17, 15) is 14.0 Å². The van der Waals surface area contributed by atoms with E-state index in [0.29, 0.717) is 12.4 Å². The molecule has 1 N–H and O–H groups in total. The molecule has 7 heteroatoms. The van der Waals surface area contributed by atoms with E-state index in [4.69, 9.17) is 4.74 Å². The molecule has 5 nitrogen and oxygen atoms in total. The van der Waals surface area contributed by atoms with Crippen LogP contribution in [0.25, 0.3) is 0 Å². The zero-order chi connectivity index (χ0) is 22.9. The highest BCUT2D eigenvalue weighted by atomic mass is 79.9. The molecule has 6 rings (SSSR count). The van der Waals surface area contributed by atoms with Crippen molar-refractivity contribution in [2.75, 3.05) is 11.9 Å². The lowest BCUT2D eigenvalue weighted by atomic mass is 9.73. The molecular formula is C26H20BrFN2O3. The summed E-state index contributed by atoms with van der Waals surface area (Å²) >= 11 is 3.55. The lowest BCUT2D eigenvalue weighted by Crippen LogP contribution is -2.54. The molecule has 0 spiro atoms. The summed E-state index contributed by atoms with van der Waals surface area (Å²) in [5.41, 5.74) is 1.09. The van der Waals surface area contributed by atoms with E-state index in [1.54, 1.807) is 4.90 Å². The van der Waals surface area contributed by atoms with Crippen molar-refractivity contribution in [1.29, 1.82) is 0 Å². The van der Waals surface area contributed by atoms with Crippen LogP contribution in [0.4, 0.5) is 10.1 Å². The van der Waals surface area contributed by atoms with Gasteiger partial charge in [0.15, 0.2) is 0 Å². The number of anilines is 1. The molecule has 0 aliphatic carbocycles. The summed E-state index contributed by atoms with van der Waals surface area (Å²) in [4.78, 5) is 29.6. The van der Waals surface area contributed by atoms with Gasteiger partial charge < -0.3 is 15.0 Å². The maximum atomic E-state index is 14.1. The monoisotopic (exact) mass is 506 g/mol. The Kier molecular flexibility index (Phi) is 4.43. The number of carbonyl (C=O) groups is 2. The quantitative estimate of drug-likeness (QED) is 0.487. The second-order valence-corrected chi connectivity index (χ2v) is 9.87. The van der Waals surface area contributed by atoms with Crippen molar-refractivity contribution in [3.8, 4) is 5.75 Å². The van der Waals surface area contributed by atoms with Crippen LogP contribution in [-0.2, 0) is 4.79 Å². The van der Waals surface area contributed by atoms with Gasteiger partial charge in [0.2, 0.25) is 0 Å². The van der Waals surface area contributed by atoms with Crippen LogP contribution in [0.5, 0.6) is 5.75 Å². The van der Waals surface area contributed by atoms with Gasteiger partial charge in [0.25, 0.3) is 11.8 Å². The highest BCUT2D eigenvalue weighted by Gasteiger charge is 2.65. The Bertz CT molecular complexity index is 1310. The van der Waals surface area contributed by atoms with Gasteiger partial charge in [0, 0.05) is 21.9 Å². The summed E-state index contributed by atoms with van der Waals surface area (Å²) in [5.74, 6) is -0.902.